The topological polar surface area (TPSA) is 43.7 Å². The predicted octanol–water partition coefficient (Wildman–Crippen LogP) is 2.02. The summed E-state index contributed by atoms with van der Waals surface area (Å²) in [4.78, 5) is 2.44. The third-order valence-electron chi connectivity index (χ3n) is 5.20. The molecule has 2 N–H and O–H groups in total. The van der Waals surface area contributed by atoms with Crippen molar-refractivity contribution in [3.05, 3.63) is 0 Å². The molecule has 1 saturated carbocycles. The predicted molar refractivity (Wildman–Crippen MR) is 73.5 cm³/mol. The highest BCUT2D eigenvalue weighted by Gasteiger charge is 2.37. The molecule has 3 nitrogen and oxygen atoms in total. The molecule has 1 saturated heterocycles. The van der Waals surface area contributed by atoms with Crippen LogP contribution in [0, 0.1) is 10.8 Å². The van der Waals surface area contributed by atoms with Crippen molar-refractivity contribution in [2.75, 3.05) is 32.8 Å². The molecule has 3 heteroatoms. The Bertz CT molecular complexity index is 247. The Kier molecular flexibility index (Phi) is 4.68. The average molecular weight is 255 g/mol. The zero-order valence-corrected chi connectivity index (χ0v) is 11.8. The Balaban J connectivity index is 1.82. The van der Waals surface area contributed by atoms with Crippen molar-refractivity contribution in [3.8, 4) is 0 Å². The number of likely N-dealkylation sites (tertiary alicyclic amines) is 1. The summed E-state index contributed by atoms with van der Waals surface area (Å²) in [5, 5.41) is 18.7. The summed E-state index contributed by atoms with van der Waals surface area (Å²) >= 11 is 0. The van der Waals surface area contributed by atoms with Crippen LogP contribution in [0.15, 0.2) is 0 Å². The minimum Gasteiger partial charge on any atom is -0.396 e. The first-order chi connectivity index (χ1) is 8.61. The summed E-state index contributed by atoms with van der Waals surface area (Å²) in [6.07, 6.45) is 9.77. The molecule has 0 bridgehead atoms. The van der Waals surface area contributed by atoms with Crippen molar-refractivity contribution in [1.82, 2.24) is 4.90 Å². The molecule has 1 aliphatic carbocycles. The summed E-state index contributed by atoms with van der Waals surface area (Å²) in [6, 6.07) is 0. The highest BCUT2D eigenvalue weighted by atomic mass is 16.3. The third-order valence-corrected chi connectivity index (χ3v) is 5.20. The van der Waals surface area contributed by atoms with Gasteiger partial charge in [-0.1, -0.05) is 26.2 Å². The minimum atomic E-state index is -0.336. The van der Waals surface area contributed by atoms with Crippen molar-refractivity contribution in [3.63, 3.8) is 0 Å². The number of nitrogens with zero attached hydrogens (tertiary/aromatic N) is 1. The molecule has 0 unspecified atom stereocenters. The van der Waals surface area contributed by atoms with Gasteiger partial charge in [-0.3, -0.25) is 0 Å². The molecule has 2 rings (SSSR count). The van der Waals surface area contributed by atoms with Crippen LogP contribution in [-0.4, -0.2) is 48.0 Å². The van der Waals surface area contributed by atoms with Crippen LogP contribution in [0.1, 0.15) is 51.9 Å². The van der Waals surface area contributed by atoms with E-state index in [0.29, 0.717) is 5.41 Å². The van der Waals surface area contributed by atoms with Crippen LogP contribution < -0.4 is 0 Å². The molecule has 0 radical (unpaired) electrons. The van der Waals surface area contributed by atoms with Gasteiger partial charge in [0.1, 0.15) is 0 Å². The maximum absolute atomic E-state index is 9.37. The van der Waals surface area contributed by atoms with Crippen LogP contribution in [0.3, 0.4) is 0 Å². The number of hydrogen-bond acceptors (Lipinski definition) is 3. The molecular formula is C15H29NO2. The summed E-state index contributed by atoms with van der Waals surface area (Å²) in [6.45, 7) is 5.25. The van der Waals surface area contributed by atoms with Crippen LogP contribution >= 0.6 is 0 Å². The number of hydrogen-bond donors (Lipinski definition) is 2. The van der Waals surface area contributed by atoms with Crippen LogP contribution in [-0.2, 0) is 0 Å². The summed E-state index contributed by atoms with van der Waals surface area (Å²) in [5.41, 5.74) is 0.306. The van der Waals surface area contributed by atoms with Crippen molar-refractivity contribution < 1.29 is 10.2 Å². The monoisotopic (exact) mass is 255 g/mol. The maximum Gasteiger partial charge on any atom is 0.0519 e. The molecule has 106 valence electrons. The Morgan fingerprint density at radius 2 is 1.50 bits per heavy atom. The van der Waals surface area contributed by atoms with Gasteiger partial charge in [0.05, 0.1) is 13.2 Å². The molecule has 2 aliphatic rings. The minimum absolute atomic E-state index is 0.0745. The first-order valence-electron chi connectivity index (χ1n) is 7.56. The molecule has 0 aromatic rings. The van der Waals surface area contributed by atoms with E-state index in [4.69, 9.17) is 0 Å². The Morgan fingerprint density at radius 3 is 2.00 bits per heavy atom. The summed E-state index contributed by atoms with van der Waals surface area (Å²) in [5.74, 6) is 0. The number of piperidine rings is 1. The molecule has 0 amide bonds. The van der Waals surface area contributed by atoms with Gasteiger partial charge >= 0.3 is 0 Å². The fraction of sp³-hybridized carbons (Fsp3) is 1.00. The highest BCUT2D eigenvalue weighted by Crippen LogP contribution is 2.44. The average Bonchev–Trinajstić information content (AvgIpc) is 2.43. The van der Waals surface area contributed by atoms with Crippen molar-refractivity contribution in [2.24, 2.45) is 10.8 Å². The smallest absolute Gasteiger partial charge is 0.0519 e. The molecular weight excluding hydrogens is 226 g/mol. The van der Waals surface area contributed by atoms with E-state index in [0.717, 1.165) is 19.6 Å². The summed E-state index contributed by atoms with van der Waals surface area (Å²) < 4.78 is 0. The second kappa shape index (κ2) is 5.89. The molecule has 1 aliphatic heterocycles. The largest absolute Gasteiger partial charge is 0.396 e. The van der Waals surface area contributed by atoms with Gasteiger partial charge in [0.2, 0.25) is 0 Å². The molecule has 1 heterocycles. The molecule has 0 atom stereocenters. The first kappa shape index (κ1) is 14.3. The Morgan fingerprint density at radius 1 is 0.944 bits per heavy atom. The van der Waals surface area contributed by atoms with Crippen molar-refractivity contribution >= 4 is 0 Å². The number of aliphatic hydroxyl groups is 2. The lowest BCUT2D eigenvalue weighted by atomic mass is 9.68. The van der Waals surface area contributed by atoms with Gasteiger partial charge in [-0.15, -0.1) is 0 Å². The van der Waals surface area contributed by atoms with E-state index in [1.807, 2.05) is 6.92 Å². The highest BCUT2D eigenvalue weighted by molar-refractivity contribution is 4.89. The fourth-order valence-electron chi connectivity index (χ4n) is 3.68. The van der Waals surface area contributed by atoms with E-state index in [-0.39, 0.29) is 18.6 Å². The van der Waals surface area contributed by atoms with Gasteiger partial charge in [-0.2, -0.15) is 0 Å². The molecule has 2 fully saturated rings. The van der Waals surface area contributed by atoms with Gasteiger partial charge in [-0.25, -0.2) is 0 Å². The fourth-order valence-corrected chi connectivity index (χ4v) is 3.68. The molecule has 0 aromatic carbocycles. The number of aliphatic hydroxyl groups excluding tert-OH is 2. The van der Waals surface area contributed by atoms with Gasteiger partial charge < -0.3 is 15.1 Å². The second-order valence-electron chi connectivity index (χ2n) is 6.96. The Hall–Kier alpha value is -0.120. The van der Waals surface area contributed by atoms with Crippen LogP contribution in [0.4, 0.5) is 0 Å². The lowest BCUT2D eigenvalue weighted by Crippen LogP contribution is -2.47. The van der Waals surface area contributed by atoms with Gasteiger partial charge in [0.15, 0.2) is 0 Å². The maximum atomic E-state index is 9.37. The standard InChI is InChI=1S/C15H29NO2/c1-14(12-17,13-18)11-16-9-7-15(8-10-16)5-3-2-4-6-15/h17-18H,2-13H2,1H3. The third kappa shape index (κ3) is 3.25. The van der Waals surface area contributed by atoms with Crippen LogP contribution in [0.5, 0.6) is 0 Å². The first-order valence-corrected chi connectivity index (χ1v) is 7.56. The van der Waals surface area contributed by atoms with Crippen molar-refractivity contribution in [2.45, 2.75) is 51.9 Å². The lowest BCUT2D eigenvalue weighted by molar-refractivity contribution is 0.00366. The normalized spacial score (nSPS) is 25.5. The molecule has 0 aromatic heterocycles. The zero-order valence-electron chi connectivity index (χ0n) is 11.8. The van der Waals surface area contributed by atoms with E-state index in [1.54, 1.807) is 0 Å². The summed E-state index contributed by atoms with van der Waals surface area (Å²) in [7, 11) is 0. The second-order valence-corrected chi connectivity index (χ2v) is 6.96. The number of rotatable bonds is 4. The van der Waals surface area contributed by atoms with E-state index in [1.165, 1.54) is 44.9 Å². The SMILES string of the molecule is CC(CO)(CO)CN1CCC2(CCCCC2)CC1. The van der Waals surface area contributed by atoms with E-state index in [2.05, 4.69) is 4.90 Å². The van der Waals surface area contributed by atoms with E-state index < -0.39 is 0 Å². The van der Waals surface area contributed by atoms with E-state index >= 15 is 0 Å². The van der Waals surface area contributed by atoms with Crippen molar-refractivity contribution in [1.29, 1.82) is 0 Å². The zero-order chi connectivity index (χ0) is 13.1. The van der Waals surface area contributed by atoms with Gasteiger partial charge in [0, 0.05) is 12.0 Å². The van der Waals surface area contributed by atoms with Gasteiger partial charge in [-0.05, 0) is 44.2 Å². The Labute approximate surface area is 111 Å². The van der Waals surface area contributed by atoms with Crippen LogP contribution in [0.2, 0.25) is 0 Å². The van der Waals surface area contributed by atoms with Crippen LogP contribution in [0.25, 0.3) is 0 Å². The van der Waals surface area contributed by atoms with E-state index in [9.17, 15) is 10.2 Å². The van der Waals surface area contributed by atoms with Gasteiger partial charge in [0.25, 0.3) is 0 Å². The quantitative estimate of drug-likeness (QED) is 0.808. The molecule has 1 spiro atoms. The molecule has 18 heavy (non-hydrogen) atoms. The lowest BCUT2D eigenvalue weighted by Gasteiger charge is -2.46.